The minimum atomic E-state index is -0.740. The third kappa shape index (κ3) is 2.81. The molecule has 0 aromatic carbocycles. The fourth-order valence-corrected chi connectivity index (χ4v) is 2.24. The van der Waals surface area contributed by atoms with Gasteiger partial charge in [-0.2, -0.15) is 0 Å². The largest absolute Gasteiger partial charge is 0.387 e. The molecule has 0 saturated heterocycles. The van der Waals surface area contributed by atoms with Gasteiger partial charge in [-0.25, -0.2) is 0 Å². The van der Waals surface area contributed by atoms with Crippen LogP contribution in [0.3, 0.4) is 0 Å². The third-order valence-corrected chi connectivity index (χ3v) is 3.48. The topological polar surface area (TPSA) is 42.4 Å². The lowest BCUT2D eigenvalue weighted by molar-refractivity contribution is -0.0480. The Kier molecular flexibility index (Phi) is 3.62. The highest BCUT2D eigenvalue weighted by atomic mass is 79.9. The van der Waals surface area contributed by atoms with Gasteiger partial charge in [0.15, 0.2) is 0 Å². The Hall–Kier alpha value is -0.450. The van der Waals surface area contributed by atoms with Crippen LogP contribution in [0, 0.1) is 5.92 Å². The molecule has 1 aromatic rings. The van der Waals surface area contributed by atoms with Crippen LogP contribution in [0.15, 0.2) is 22.8 Å². The van der Waals surface area contributed by atoms with Crippen molar-refractivity contribution < 1.29 is 9.84 Å². The van der Waals surface area contributed by atoms with Gasteiger partial charge in [0, 0.05) is 29.9 Å². The molecule has 1 fully saturated rings. The van der Waals surface area contributed by atoms with Gasteiger partial charge in [0.05, 0.1) is 12.2 Å². The smallest absolute Gasteiger partial charge is 0.0962 e. The number of ether oxygens (including phenoxy) is 1. The predicted molar refractivity (Wildman–Crippen MR) is 65.2 cm³/mol. The zero-order valence-electron chi connectivity index (χ0n) is 9.32. The summed E-state index contributed by atoms with van der Waals surface area (Å²) in [5, 5.41) is 10.5. The Morgan fingerprint density at radius 1 is 1.56 bits per heavy atom. The Balaban J connectivity index is 2.07. The summed E-state index contributed by atoms with van der Waals surface area (Å²) in [7, 11) is 1.63. The first kappa shape index (κ1) is 12.0. The second kappa shape index (κ2) is 4.82. The minimum absolute atomic E-state index is 0.373. The summed E-state index contributed by atoms with van der Waals surface area (Å²) in [4.78, 5) is 4.29. The zero-order valence-corrected chi connectivity index (χ0v) is 10.9. The van der Waals surface area contributed by atoms with Crippen LogP contribution < -0.4 is 0 Å². The fraction of sp³-hybridized carbons (Fsp3) is 0.583. The standard InChI is InChI=1S/C12H16BrNO2/c1-16-8-12(15,9-2-3-9)6-11-5-4-10(13)7-14-11/h4-5,7,9,15H,2-3,6,8H2,1H3. The average molecular weight is 286 g/mol. The number of hydrogen-bond donors (Lipinski definition) is 1. The summed E-state index contributed by atoms with van der Waals surface area (Å²) >= 11 is 3.35. The number of pyridine rings is 1. The molecule has 3 nitrogen and oxygen atoms in total. The molecule has 88 valence electrons. The van der Waals surface area contributed by atoms with Crippen LogP contribution in [0.5, 0.6) is 0 Å². The van der Waals surface area contributed by atoms with Crippen LogP contribution in [-0.2, 0) is 11.2 Å². The monoisotopic (exact) mass is 285 g/mol. The van der Waals surface area contributed by atoms with Crippen LogP contribution in [0.1, 0.15) is 18.5 Å². The molecule has 1 heterocycles. The van der Waals surface area contributed by atoms with Crippen LogP contribution in [0.2, 0.25) is 0 Å². The van der Waals surface area contributed by atoms with E-state index in [0.29, 0.717) is 18.9 Å². The van der Waals surface area contributed by atoms with E-state index in [-0.39, 0.29) is 0 Å². The Morgan fingerprint density at radius 3 is 2.81 bits per heavy atom. The average Bonchev–Trinajstić information content (AvgIpc) is 3.05. The highest BCUT2D eigenvalue weighted by molar-refractivity contribution is 9.10. The van der Waals surface area contributed by atoms with Crippen molar-refractivity contribution in [3.63, 3.8) is 0 Å². The van der Waals surface area contributed by atoms with Crippen molar-refractivity contribution in [2.45, 2.75) is 24.9 Å². The van der Waals surface area contributed by atoms with E-state index in [1.165, 1.54) is 0 Å². The lowest BCUT2D eigenvalue weighted by Crippen LogP contribution is -2.39. The molecular formula is C12H16BrNO2. The molecule has 1 atom stereocenters. The first-order valence-electron chi connectivity index (χ1n) is 5.46. The SMILES string of the molecule is COCC(O)(Cc1ccc(Br)cn1)C1CC1. The molecule has 1 aliphatic carbocycles. The van der Waals surface area contributed by atoms with Crippen molar-refractivity contribution in [2.24, 2.45) is 5.92 Å². The van der Waals surface area contributed by atoms with Gasteiger partial charge in [0.1, 0.15) is 0 Å². The number of nitrogens with zero attached hydrogens (tertiary/aromatic N) is 1. The summed E-state index contributed by atoms with van der Waals surface area (Å²) in [5.41, 5.74) is 0.171. The van der Waals surface area contributed by atoms with Crippen molar-refractivity contribution in [3.05, 3.63) is 28.5 Å². The van der Waals surface area contributed by atoms with Gasteiger partial charge in [0.25, 0.3) is 0 Å². The Bertz CT molecular complexity index is 351. The van der Waals surface area contributed by atoms with Crippen molar-refractivity contribution in [1.29, 1.82) is 0 Å². The summed E-state index contributed by atoms with van der Waals surface area (Å²) in [6.07, 6.45) is 4.51. The van der Waals surface area contributed by atoms with Crippen molar-refractivity contribution in [3.8, 4) is 0 Å². The van der Waals surface area contributed by atoms with E-state index >= 15 is 0 Å². The molecule has 0 aliphatic heterocycles. The molecule has 1 N–H and O–H groups in total. The second-order valence-corrected chi connectivity index (χ2v) is 5.37. The third-order valence-electron chi connectivity index (χ3n) is 3.01. The van der Waals surface area contributed by atoms with E-state index in [1.807, 2.05) is 12.1 Å². The molecule has 4 heteroatoms. The minimum Gasteiger partial charge on any atom is -0.387 e. The van der Waals surface area contributed by atoms with Crippen molar-refractivity contribution >= 4 is 15.9 Å². The van der Waals surface area contributed by atoms with E-state index < -0.39 is 5.60 Å². The van der Waals surface area contributed by atoms with Crippen LogP contribution in [0.4, 0.5) is 0 Å². The van der Waals surface area contributed by atoms with Crippen molar-refractivity contribution in [2.75, 3.05) is 13.7 Å². The van der Waals surface area contributed by atoms with E-state index in [2.05, 4.69) is 20.9 Å². The lowest BCUT2D eigenvalue weighted by atomic mass is 9.92. The van der Waals surface area contributed by atoms with Gasteiger partial charge in [0.2, 0.25) is 0 Å². The molecule has 0 radical (unpaired) electrons. The maximum Gasteiger partial charge on any atom is 0.0962 e. The predicted octanol–water partition coefficient (Wildman–Crippen LogP) is 2.17. The molecule has 2 rings (SSSR count). The number of methoxy groups -OCH3 is 1. The number of hydrogen-bond acceptors (Lipinski definition) is 3. The first-order chi connectivity index (χ1) is 7.64. The molecule has 1 saturated carbocycles. The van der Waals surface area contributed by atoms with E-state index in [0.717, 1.165) is 23.0 Å². The number of rotatable bonds is 5. The summed E-state index contributed by atoms with van der Waals surface area (Å²) in [6, 6.07) is 3.88. The molecular weight excluding hydrogens is 270 g/mol. The van der Waals surface area contributed by atoms with E-state index in [9.17, 15) is 5.11 Å². The number of aliphatic hydroxyl groups is 1. The molecule has 0 bridgehead atoms. The van der Waals surface area contributed by atoms with Gasteiger partial charge in [-0.1, -0.05) is 0 Å². The van der Waals surface area contributed by atoms with Crippen LogP contribution in [0.25, 0.3) is 0 Å². The van der Waals surface area contributed by atoms with Gasteiger partial charge in [-0.15, -0.1) is 0 Å². The van der Waals surface area contributed by atoms with Crippen LogP contribution in [-0.4, -0.2) is 29.4 Å². The second-order valence-electron chi connectivity index (χ2n) is 4.46. The Morgan fingerprint density at radius 2 is 2.31 bits per heavy atom. The molecule has 16 heavy (non-hydrogen) atoms. The van der Waals surface area contributed by atoms with Gasteiger partial charge < -0.3 is 9.84 Å². The Labute approximate surface area is 104 Å². The number of halogens is 1. The molecule has 1 unspecified atom stereocenters. The first-order valence-corrected chi connectivity index (χ1v) is 6.25. The van der Waals surface area contributed by atoms with Crippen LogP contribution >= 0.6 is 15.9 Å². The summed E-state index contributed by atoms with van der Waals surface area (Å²) in [5.74, 6) is 0.373. The van der Waals surface area contributed by atoms with Gasteiger partial charge in [-0.3, -0.25) is 4.98 Å². The van der Waals surface area contributed by atoms with E-state index in [1.54, 1.807) is 13.3 Å². The normalized spacial score (nSPS) is 19.4. The van der Waals surface area contributed by atoms with Gasteiger partial charge in [-0.05, 0) is 46.8 Å². The molecule has 1 aromatic heterocycles. The summed E-state index contributed by atoms with van der Waals surface area (Å²) < 4.78 is 6.07. The highest BCUT2D eigenvalue weighted by Crippen LogP contribution is 2.41. The quantitative estimate of drug-likeness (QED) is 0.902. The zero-order chi connectivity index (χ0) is 11.6. The lowest BCUT2D eigenvalue weighted by Gasteiger charge is -2.27. The maximum absolute atomic E-state index is 10.5. The highest BCUT2D eigenvalue weighted by Gasteiger charge is 2.44. The van der Waals surface area contributed by atoms with E-state index in [4.69, 9.17) is 4.74 Å². The number of aromatic nitrogens is 1. The molecule has 1 aliphatic rings. The molecule has 0 amide bonds. The van der Waals surface area contributed by atoms with Crippen molar-refractivity contribution in [1.82, 2.24) is 4.98 Å². The fourth-order valence-electron chi connectivity index (χ4n) is 2.01. The maximum atomic E-state index is 10.5. The molecule has 0 spiro atoms. The van der Waals surface area contributed by atoms with Gasteiger partial charge >= 0.3 is 0 Å². The summed E-state index contributed by atoms with van der Waals surface area (Å²) in [6.45, 7) is 0.384.